The Labute approximate surface area is 157 Å². The molecule has 26 heavy (non-hydrogen) atoms. The SMILES string of the molecule is O=C(CCc1nnc(-c2ccsc2)o1)Nc1cc2c(cc1Cl)OCCO2. The van der Waals surface area contributed by atoms with Crippen LogP contribution in [0, 0.1) is 0 Å². The molecular weight excluding hydrogens is 378 g/mol. The molecule has 0 fully saturated rings. The monoisotopic (exact) mass is 391 g/mol. The second-order valence-electron chi connectivity index (χ2n) is 5.54. The Kier molecular flexibility index (Phi) is 4.77. The molecule has 0 radical (unpaired) electrons. The number of hydrogen-bond acceptors (Lipinski definition) is 7. The molecule has 0 saturated carbocycles. The highest BCUT2D eigenvalue weighted by Crippen LogP contribution is 2.38. The van der Waals surface area contributed by atoms with Gasteiger partial charge in [-0.15, -0.1) is 10.2 Å². The van der Waals surface area contributed by atoms with Gasteiger partial charge in [-0.1, -0.05) is 11.6 Å². The summed E-state index contributed by atoms with van der Waals surface area (Å²) in [7, 11) is 0. The second-order valence-corrected chi connectivity index (χ2v) is 6.72. The number of ether oxygens (including phenoxy) is 2. The summed E-state index contributed by atoms with van der Waals surface area (Å²) >= 11 is 7.74. The first-order valence-corrected chi connectivity index (χ1v) is 9.25. The van der Waals surface area contributed by atoms with E-state index in [9.17, 15) is 4.79 Å². The maximum atomic E-state index is 12.2. The van der Waals surface area contributed by atoms with Gasteiger partial charge in [0, 0.05) is 35.9 Å². The van der Waals surface area contributed by atoms with Crippen LogP contribution in [0.1, 0.15) is 12.3 Å². The van der Waals surface area contributed by atoms with Gasteiger partial charge in [0.15, 0.2) is 11.5 Å². The predicted octanol–water partition coefficient (Wildman–Crippen LogP) is 3.79. The third-order valence-corrected chi connectivity index (χ3v) is 4.70. The summed E-state index contributed by atoms with van der Waals surface area (Å²) in [5, 5.41) is 15.0. The minimum absolute atomic E-state index is 0.191. The summed E-state index contributed by atoms with van der Waals surface area (Å²) in [4.78, 5) is 12.2. The quantitative estimate of drug-likeness (QED) is 0.712. The molecule has 3 heterocycles. The van der Waals surface area contributed by atoms with Gasteiger partial charge in [0.25, 0.3) is 0 Å². The van der Waals surface area contributed by atoms with Crippen molar-refractivity contribution in [1.29, 1.82) is 0 Å². The van der Waals surface area contributed by atoms with Crippen molar-refractivity contribution in [3.8, 4) is 23.0 Å². The Balaban J connectivity index is 1.37. The molecule has 0 atom stereocenters. The van der Waals surface area contributed by atoms with E-state index in [2.05, 4.69) is 15.5 Å². The Bertz CT molecular complexity index is 926. The fraction of sp³-hybridized carbons (Fsp3) is 0.235. The first-order valence-electron chi connectivity index (χ1n) is 7.93. The van der Waals surface area contributed by atoms with Crippen LogP contribution >= 0.6 is 22.9 Å². The number of benzene rings is 1. The highest BCUT2D eigenvalue weighted by atomic mass is 35.5. The smallest absolute Gasteiger partial charge is 0.248 e. The highest BCUT2D eigenvalue weighted by molar-refractivity contribution is 7.08. The van der Waals surface area contributed by atoms with Crippen molar-refractivity contribution in [1.82, 2.24) is 10.2 Å². The first-order chi connectivity index (χ1) is 12.7. The molecule has 1 aromatic carbocycles. The second kappa shape index (κ2) is 7.35. The minimum Gasteiger partial charge on any atom is -0.486 e. The summed E-state index contributed by atoms with van der Waals surface area (Å²) in [6.07, 6.45) is 0.529. The summed E-state index contributed by atoms with van der Waals surface area (Å²) in [5.41, 5.74) is 1.35. The minimum atomic E-state index is -0.209. The number of fused-ring (bicyclic) bond motifs is 1. The van der Waals surface area contributed by atoms with Crippen molar-refractivity contribution >= 4 is 34.5 Å². The van der Waals surface area contributed by atoms with Gasteiger partial charge < -0.3 is 19.2 Å². The summed E-state index contributed by atoms with van der Waals surface area (Å²) in [6, 6.07) is 5.20. The molecule has 1 amide bonds. The van der Waals surface area contributed by atoms with E-state index >= 15 is 0 Å². The predicted molar refractivity (Wildman–Crippen MR) is 97.0 cm³/mol. The van der Waals surface area contributed by atoms with Gasteiger partial charge in [0.2, 0.25) is 17.7 Å². The van der Waals surface area contributed by atoms with Crippen LogP contribution in [0.25, 0.3) is 11.5 Å². The number of aryl methyl sites for hydroxylation is 1. The lowest BCUT2D eigenvalue weighted by Gasteiger charge is -2.20. The van der Waals surface area contributed by atoms with Crippen LogP contribution in [0.15, 0.2) is 33.4 Å². The number of nitrogens with one attached hydrogen (secondary N) is 1. The fourth-order valence-electron chi connectivity index (χ4n) is 2.45. The number of aromatic nitrogens is 2. The van der Waals surface area contributed by atoms with E-state index in [1.165, 1.54) is 0 Å². The molecule has 0 saturated heterocycles. The Hall–Kier alpha value is -2.58. The van der Waals surface area contributed by atoms with Gasteiger partial charge in [-0.05, 0) is 11.4 Å². The van der Waals surface area contributed by atoms with E-state index in [0.29, 0.717) is 53.6 Å². The lowest BCUT2D eigenvalue weighted by molar-refractivity contribution is -0.116. The number of nitrogens with zero attached hydrogens (tertiary/aromatic N) is 2. The third-order valence-electron chi connectivity index (χ3n) is 3.71. The molecule has 7 nitrogen and oxygen atoms in total. The van der Waals surface area contributed by atoms with Crippen LogP contribution in [0.3, 0.4) is 0 Å². The lowest BCUT2D eigenvalue weighted by atomic mass is 10.2. The lowest BCUT2D eigenvalue weighted by Crippen LogP contribution is -2.17. The molecule has 0 unspecified atom stereocenters. The van der Waals surface area contributed by atoms with E-state index in [0.717, 1.165) is 5.56 Å². The zero-order chi connectivity index (χ0) is 17.9. The number of hydrogen-bond donors (Lipinski definition) is 1. The molecule has 0 aliphatic carbocycles. The Morgan fingerprint density at radius 2 is 2.04 bits per heavy atom. The van der Waals surface area contributed by atoms with Crippen LogP contribution in [0.4, 0.5) is 5.69 Å². The number of carbonyl (C=O) groups excluding carboxylic acids is 1. The van der Waals surface area contributed by atoms with Crippen LogP contribution in [0.5, 0.6) is 11.5 Å². The number of anilines is 1. The van der Waals surface area contributed by atoms with Gasteiger partial charge in [0.05, 0.1) is 10.7 Å². The maximum Gasteiger partial charge on any atom is 0.248 e. The van der Waals surface area contributed by atoms with Crippen LogP contribution in [0.2, 0.25) is 5.02 Å². The van der Waals surface area contributed by atoms with Gasteiger partial charge in [-0.2, -0.15) is 11.3 Å². The molecule has 1 aliphatic heterocycles. The Morgan fingerprint density at radius 1 is 1.23 bits per heavy atom. The van der Waals surface area contributed by atoms with Gasteiger partial charge >= 0.3 is 0 Å². The molecule has 2 aromatic heterocycles. The van der Waals surface area contributed by atoms with Crippen LogP contribution in [-0.4, -0.2) is 29.3 Å². The standard InChI is InChI=1S/C17H14ClN3O4S/c18-11-7-13-14(24-5-4-23-13)8-12(11)19-15(22)1-2-16-20-21-17(25-16)10-3-6-26-9-10/h3,6-9H,1-2,4-5H2,(H,19,22). The normalized spacial score (nSPS) is 12.8. The number of halogens is 1. The molecule has 0 bridgehead atoms. The summed E-state index contributed by atoms with van der Waals surface area (Å²) < 4.78 is 16.5. The van der Waals surface area contributed by atoms with Crippen molar-refractivity contribution in [2.75, 3.05) is 18.5 Å². The van der Waals surface area contributed by atoms with Crippen molar-refractivity contribution in [3.63, 3.8) is 0 Å². The number of thiophene rings is 1. The molecule has 134 valence electrons. The summed E-state index contributed by atoms with van der Waals surface area (Å²) in [5.74, 6) is 1.80. The number of carbonyl (C=O) groups is 1. The molecule has 3 aromatic rings. The van der Waals surface area contributed by atoms with Gasteiger partial charge in [-0.3, -0.25) is 4.79 Å². The van der Waals surface area contributed by atoms with E-state index in [1.807, 2.05) is 16.8 Å². The van der Waals surface area contributed by atoms with E-state index in [-0.39, 0.29) is 12.3 Å². The molecule has 9 heteroatoms. The average Bonchev–Trinajstić information content (AvgIpc) is 3.32. The van der Waals surface area contributed by atoms with E-state index in [4.69, 9.17) is 25.5 Å². The average molecular weight is 392 g/mol. The number of amides is 1. The largest absolute Gasteiger partial charge is 0.486 e. The molecule has 0 spiro atoms. The van der Waals surface area contributed by atoms with Crippen LogP contribution < -0.4 is 14.8 Å². The van der Waals surface area contributed by atoms with Gasteiger partial charge in [0.1, 0.15) is 13.2 Å². The van der Waals surface area contributed by atoms with E-state index < -0.39 is 0 Å². The number of rotatable bonds is 5. The molecule has 1 N–H and O–H groups in total. The van der Waals surface area contributed by atoms with Gasteiger partial charge in [-0.25, -0.2) is 0 Å². The fourth-order valence-corrected chi connectivity index (χ4v) is 3.28. The first kappa shape index (κ1) is 16.9. The molecule has 4 rings (SSSR count). The van der Waals surface area contributed by atoms with Crippen molar-refractivity contribution < 1.29 is 18.7 Å². The van der Waals surface area contributed by atoms with E-state index in [1.54, 1.807) is 23.5 Å². The molecular formula is C17H14ClN3O4S. The maximum absolute atomic E-state index is 12.2. The van der Waals surface area contributed by atoms with Crippen LogP contribution in [-0.2, 0) is 11.2 Å². The zero-order valence-electron chi connectivity index (χ0n) is 13.5. The molecule has 1 aliphatic rings. The third kappa shape index (κ3) is 3.66. The summed E-state index contributed by atoms with van der Waals surface area (Å²) in [6.45, 7) is 0.943. The highest BCUT2D eigenvalue weighted by Gasteiger charge is 2.17. The van der Waals surface area contributed by atoms with Crippen molar-refractivity contribution in [2.24, 2.45) is 0 Å². The van der Waals surface area contributed by atoms with Crippen molar-refractivity contribution in [3.05, 3.63) is 39.9 Å². The topological polar surface area (TPSA) is 86.5 Å². The van der Waals surface area contributed by atoms with Crippen molar-refractivity contribution in [2.45, 2.75) is 12.8 Å². The Morgan fingerprint density at radius 3 is 2.81 bits per heavy atom. The zero-order valence-corrected chi connectivity index (χ0v) is 15.1.